The van der Waals surface area contributed by atoms with Gasteiger partial charge in [-0.25, -0.2) is 0 Å². The largest absolute Gasteiger partial charge is 0.707 e. The van der Waals surface area contributed by atoms with E-state index in [1.807, 2.05) is 0 Å². The lowest BCUT2D eigenvalue weighted by atomic mass is 10.3. The summed E-state index contributed by atoms with van der Waals surface area (Å²) in [5.41, 5.74) is 0. The molecule has 0 bridgehead atoms. The second-order valence-corrected chi connectivity index (χ2v) is 3.84. The first kappa shape index (κ1) is 12.4. The molecule has 8 heteroatoms. The van der Waals surface area contributed by atoms with Crippen LogP contribution in [0.3, 0.4) is 0 Å². The Morgan fingerprint density at radius 3 is 2.82 bits per heavy atom. The lowest BCUT2D eigenvalue weighted by Gasteiger charge is -2.26. The Kier molecular flexibility index (Phi) is 4.38. The van der Waals surface area contributed by atoms with Crippen molar-refractivity contribution in [1.82, 2.24) is 14.7 Å². The third kappa shape index (κ3) is 4.01. The fourth-order valence-electron chi connectivity index (χ4n) is 1.72. The molecule has 1 aliphatic heterocycles. The molecule has 94 valence electrons. The van der Waals surface area contributed by atoms with Gasteiger partial charge in [0.15, 0.2) is 0 Å². The molecule has 0 aromatic carbocycles. The topological polar surface area (TPSA) is 80.0 Å². The molecule has 1 fully saturated rings. The Hall–Kier alpha value is -1.09. The van der Waals surface area contributed by atoms with E-state index in [4.69, 9.17) is 14.8 Å². The summed E-state index contributed by atoms with van der Waals surface area (Å²) in [4.78, 5) is 2.30. The van der Waals surface area contributed by atoms with E-state index < -0.39 is 7.32 Å². The van der Waals surface area contributed by atoms with Gasteiger partial charge in [0.1, 0.15) is 5.75 Å². The maximum Gasteiger partial charge on any atom is 0.707 e. The van der Waals surface area contributed by atoms with E-state index in [0.29, 0.717) is 5.75 Å². The van der Waals surface area contributed by atoms with Gasteiger partial charge in [-0.15, -0.1) is 0 Å². The van der Waals surface area contributed by atoms with Crippen molar-refractivity contribution >= 4 is 7.32 Å². The maximum absolute atomic E-state index is 8.62. The molecule has 0 saturated carbocycles. The normalized spacial score (nSPS) is 17.1. The first-order valence-corrected chi connectivity index (χ1v) is 5.59. The van der Waals surface area contributed by atoms with E-state index in [1.165, 1.54) is 6.20 Å². The molecule has 1 saturated heterocycles. The van der Waals surface area contributed by atoms with Crippen molar-refractivity contribution in [2.24, 2.45) is 0 Å². The van der Waals surface area contributed by atoms with E-state index >= 15 is 0 Å². The van der Waals surface area contributed by atoms with Crippen molar-refractivity contribution in [1.29, 1.82) is 0 Å². The van der Waals surface area contributed by atoms with Crippen molar-refractivity contribution in [2.45, 2.75) is 6.54 Å². The molecule has 0 spiro atoms. The highest BCUT2D eigenvalue weighted by Gasteiger charge is 2.13. The maximum atomic E-state index is 8.62. The summed E-state index contributed by atoms with van der Waals surface area (Å²) >= 11 is 0. The third-order valence-electron chi connectivity index (χ3n) is 2.60. The second kappa shape index (κ2) is 6.01. The van der Waals surface area contributed by atoms with Gasteiger partial charge in [-0.3, -0.25) is 9.58 Å². The molecule has 0 atom stereocenters. The summed E-state index contributed by atoms with van der Waals surface area (Å²) in [6.45, 7) is 5.09. The third-order valence-corrected chi connectivity index (χ3v) is 2.60. The molecule has 2 heterocycles. The lowest BCUT2D eigenvalue weighted by Crippen LogP contribution is -2.38. The van der Waals surface area contributed by atoms with Crippen LogP contribution in [0.1, 0.15) is 0 Å². The summed E-state index contributed by atoms with van der Waals surface area (Å²) in [6, 6.07) is 0. The number of morpholine rings is 1. The molecule has 1 aromatic heterocycles. The predicted octanol–water partition coefficient (Wildman–Crippen LogP) is -1.44. The molecule has 0 aliphatic carbocycles. The lowest BCUT2D eigenvalue weighted by molar-refractivity contribution is 0.0359. The van der Waals surface area contributed by atoms with E-state index in [1.54, 1.807) is 10.9 Å². The Bertz CT molecular complexity index is 341. The van der Waals surface area contributed by atoms with Crippen LogP contribution in [0.5, 0.6) is 5.75 Å². The number of hydrogen-bond acceptors (Lipinski definition) is 6. The van der Waals surface area contributed by atoms with E-state index in [-0.39, 0.29) is 0 Å². The molecule has 2 N–H and O–H groups in total. The minimum Gasteiger partial charge on any atom is -0.509 e. The highest BCUT2D eigenvalue weighted by Crippen LogP contribution is 2.08. The van der Waals surface area contributed by atoms with Crippen LogP contribution < -0.4 is 4.65 Å². The summed E-state index contributed by atoms with van der Waals surface area (Å²) in [5.74, 6) is 0.349. The smallest absolute Gasteiger partial charge is 0.509 e. The quantitative estimate of drug-likeness (QED) is 0.615. The zero-order chi connectivity index (χ0) is 12.1. The van der Waals surface area contributed by atoms with Crippen LogP contribution in [0.25, 0.3) is 0 Å². The number of ether oxygens (including phenoxy) is 1. The molecule has 0 radical (unpaired) electrons. The number of nitrogens with zero attached hydrogens (tertiary/aromatic N) is 3. The Morgan fingerprint density at radius 1 is 1.35 bits per heavy atom. The SMILES string of the molecule is OB(O)Oc1cnn(CCN2CCOCC2)c1. The van der Waals surface area contributed by atoms with Crippen molar-refractivity contribution in [3.05, 3.63) is 12.4 Å². The zero-order valence-electron chi connectivity index (χ0n) is 9.53. The van der Waals surface area contributed by atoms with Crippen LogP contribution in [0.15, 0.2) is 12.4 Å². The van der Waals surface area contributed by atoms with Gasteiger partial charge in [0.2, 0.25) is 0 Å². The number of aromatic nitrogens is 2. The Balaban J connectivity index is 1.76. The monoisotopic (exact) mass is 241 g/mol. The van der Waals surface area contributed by atoms with Crippen molar-refractivity contribution < 1.29 is 19.4 Å². The zero-order valence-corrected chi connectivity index (χ0v) is 9.53. The Labute approximate surface area is 99.7 Å². The van der Waals surface area contributed by atoms with Gasteiger partial charge in [-0.05, 0) is 0 Å². The summed E-state index contributed by atoms with van der Waals surface area (Å²) in [6.07, 6.45) is 3.10. The van der Waals surface area contributed by atoms with Gasteiger partial charge in [-0.1, -0.05) is 0 Å². The fourth-order valence-corrected chi connectivity index (χ4v) is 1.72. The molecular formula is C9H16BN3O4. The first-order valence-electron chi connectivity index (χ1n) is 5.59. The van der Waals surface area contributed by atoms with Crippen LogP contribution in [-0.2, 0) is 11.3 Å². The highest BCUT2D eigenvalue weighted by atomic mass is 16.6. The number of rotatable bonds is 5. The van der Waals surface area contributed by atoms with Gasteiger partial charge < -0.3 is 19.4 Å². The highest BCUT2D eigenvalue weighted by molar-refractivity contribution is 6.33. The molecule has 7 nitrogen and oxygen atoms in total. The average molecular weight is 241 g/mol. The fraction of sp³-hybridized carbons (Fsp3) is 0.667. The van der Waals surface area contributed by atoms with Crippen LogP contribution in [0.2, 0.25) is 0 Å². The summed E-state index contributed by atoms with van der Waals surface area (Å²) < 4.78 is 11.7. The minimum absolute atomic E-state index is 0.349. The van der Waals surface area contributed by atoms with Crippen molar-refractivity contribution in [2.75, 3.05) is 32.8 Å². The minimum atomic E-state index is -1.80. The van der Waals surface area contributed by atoms with Crippen LogP contribution in [-0.4, -0.2) is 64.9 Å². The average Bonchev–Trinajstić information content (AvgIpc) is 2.75. The molecule has 2 rings (SSSR count). The summed E-state index contributed by atoms with van der Waals surface area (Å²) in [5, 5.41) is 21.3. The van der Waals surface area contributed by atoms with Gasteiger partial charge >= 0.3 is 7.32 Å². The van der Waals surface area contributed by atoms with Gasteiger partial charge in [0.05, 0.1) is 32.2 Å². The first-order chi connectivity index (χ1) is 8.24. The van der Waals surface area contributed by atoms with Crippen LogP contribution in [0.4, 0.5) is 0 Å². The van der Waals surface area contributed by atoms with E-state index in [2.05, 4.69) is 14.7 Å². The van der Waals surface area contributed by atoms with Crippen LogP contribution >= 0.6 is 0 Å². The molecule has 1 aromatic rings. The van der Waals surface area contributed by atoms with E-state index in [0.717, 1.165) is 39.4 Å². The summed E-state index contributed by atoms with van der Waals surface area (Å²) in [7, 11) is -1.80. The molecule has 0 unspecified atom stereocenters. The molecule has 1 aliphatic rings. The standard InChI is InChI=1S/C9H16BN3O4/c14-10(15)17-9-7-11-13(8-9)2-1-12-3-5-16-6-4-12/h7-8,14-15H,1-6H2. The van der Waals surface area contributed by atoms with Crippen molar-refractivity contribution in [3.8, 4) is 5.75 Å². The molecular weight excluding hydrogens is 225 g/mol. The molecule has 17 heavy (non-hydrogen) atoms. The molecule has 0 amide bonds. The van der Waals surface area contributed by atoms with Crippen LogP contribution in [0, 0.1) is 0 Å². The van der Waals surface area contributed by atoms with Gasteiger partial charge in [-0.2, -0.15) is 5.10 Å². The number of hydrogen-bond donors (Lipinski definition) is 2. The predicted molar refractivity (Wildman–Crippen MR) is 60.3 cm³/mol. The second-order valence-electron chi connectivity index (χ2n) is 3.84. The van der Waals surface area contributed by atoms with Gasteiger partial charge in [0.25, 0.3) is 0 Å². The van der Waals surface area contributed by atoms with Gasteiger partial charge in [0, 0.05) is 19.6 Å². The van der Waals surface area contributed by atoms with Crippen molar-refractivity contribution in [3.63, 3.8) is 0 Å². The Morgan fingerprint density at radius 2 is 2.12 bits per heavy atom. The van der Waals surface area contributed by atoms with E-state index in [9.17, 15) is 0 Å².